The molecule has 1 aliphatic heterocycles. The minimum Gasteiger partial charge on any atom is -0.320 e. The van der Waals surface area contributed by atoms with Crippen LogP contribution in [-0.4, -0.2) is 23.1 Å². The van der Waals surface area contributed by atoms with Crippen LogP contribution in [0.15, 0.2) is 46.6 Å². The average molecular weight is 321 g/mol. The normalized spacial score (nSPS) is 18.9. The highest BCUT2D eigenvalue weighted by atomic mass is 19.1. The summed E-state index contributed by atoms with van der Waals surface area (Å²) in [6.07, 6.45) is 0.275. The largest absolute Gasteiger partial charge is 0.320 e. The second kappa shape index (κ2) is 5.19. The van der Waals surface area contributed by atoms with E-state index in [0.29, 0.717) is 11.3 Å². The smallest absolute Gasteiger partial charge is 0.276 e. The number of hydrogen-bond acceptors (Lipinski definition) is 4. The van der Waals surface area contributed by atoms with Crippen molar-refractivity contribution in [2.75, 3.05) is 5.32 Å². The zero-order valence-corrected chi connectivity index (χ0v) is 12.8. The van der Waals surface area contributed by atoms with Gasteiger partial charge in [-0.05, 0) is 36.8 Å². The van der Waals surface area contributed by atoms with Crippen LogP contribution in [0.2, 0.25) is 0 Å². The lowest BCUT2D eigenvalue weighted by Crippen LogP contribution is -2.15. The first kappa shape index (κ1) is 14.4. The number of amides is 1. The number of nitrogens with zero attached hydrogens (tertiary/aromatic N) is 2. The zero-order valence-electron chi connectivity index (χ0n) is 12.8. The summed E-state index contributed by atoms with van der Waals surface area (Å²) in [6.45, 7) is 1.93. The lowest BCUT2D eigenvalue weighted by Gasteiger charge is -1.99. The van der Waals surface area contributed by atoms with Gasteiger partial charge in [0.15, 0.2) is 11.5 Å². The zero-order chi connectivity index (χ0) is 16.8. The molecular weight excluding hydrogens is 309 g/mol. The average Bonchev–Trinajstić information content (AvgIpc) is 3.01. The van der Waals surface area contributed by atoms with E-state index in [4.69, 9.17) is 0 Å². The Bertz CT molecular complexity index is 897. The van der Waals surface area contributed by atoms with Crippen LogP contribution in [0.25, 0.3) is 0 Å². The number of rotatable bonds is 1. The van der Waals surface area contributed by atoms with Crippen LogP contribution in [0.5, 0.6) is 0 Å². The predicted molar refractivity (Wildman–Crippen MR) is 88.0 cm³/mol. The van der Waals surface area contributed by atoms with Crippen molar-refractivity contribution in [3.05, 3.63) is 64.5 Å². The van der Waals surface area contributed by atoms with E-state index in [0.717, 1.165) is 16.7 Å². The number of Topliss-reactive ketones (excluding diaryl/α,β-unsaturated/α-hetero) is 1. The minimum absolute atomic E-state index is 0.00547. The first-order valence-electron chi connectivity index (χ1n) is 7.43. The molecule has 1 amide bonds. The van der Waals surface area contributed by atoms with Gasteiger partial charge in [-0.15, -0.1) is 10.2 Å². The number of carbonyl (C=O) groups excluding carboxylic acids is 2. The molecule has 0 atom stereocenters. The quantitative estimate of drug-likeness (QED) is 0.819. The fourth-order valence-corrected chi connectivity index (χ4v) is 2.91. The van der Waals surface area contributed by atoms with E-state index >= 15 is 0 Å². The first-order chi connectivity index (χ1) is 11.5. The van der Waals surface area contributed by atoms with Crippen molar-refractivity contribution in [2.45, 2.75) is 13.3 Å². The van der Waals surface area contributed by atoms with Crippen LogP contribution in [0.1, 0.15) is 22.3 Å². The Morgan fingerprint density at radius 2 is 1.79 bits per heavy atom. The van der Waals surface area contributed by atoms with Crippen LogP contribution < -0.4 is 5.32 Å². The van der Waals surface area contributed by atoms with E-state index in [1.54, 1.807) is 0 Å². The molecule has 0 bridgehead atoms. The van der Waals surface area contributed by atoms with Crippen LogP contribution >= 0.6 is 0 Å². The second-order valence-electron chi connectivity index (χ2n) is 5.80. The van der Waals surface area contributed by atoms with Crippen LogP contribution in [0, 0.1) is 12.7 Å². The molecular formula is C18H12FN3O2. The summed E-state index contributed by atoms with van der Waals surface area (Å²) in [5, 5.41) is 10.6. The maximum atomic E-state index is 13.4. The standard InChI is InChI=1S/C18H12FN3O2/c1-9-2-3-10-7-15(23)16(12(10)6-9)21-22-17-13-8-11(19)4-5-14(13)20-18(17)24/h2-6,8H,7H2,1H3,(H,20,22,24)/b21-16-. The van der Waals surface area contributed by atoms with Gasteiger partial charge in [-0.3, -0.25) is 9.59 Å². The summed E-state index contributed by atoms with van der Waals surface area (Å²) >= 11 is 0. The summed E-state index contributed by atoms with van der Waals surface area (Å²) in [5.74, 6) is -1.07. The lowest BCUT2D eigenvalue weighted by atomic mass is 10.1. The fourth-order valence-electron chi connectivity index (χ4n) is 2.91. The molecule has 0 fully saturated rings. The monoisotopic (exact) mass is 321 g/mol. The van der Waals surface area contributed by atoms with E-state index in [2.05, 4.69) is 15.5 Å². The Labute approximate surface area is 136 Å². The maximum Gasteiger partial charge on any atom is 0.276 e. The van der Waals surface area contributed by atoms with Gasteiger partial charge in [-0.2, -0.15) is 0 Å². The summed E-state index contributed by atoms with van der Waals surface area (Å²) in [6, 6.07) is 9.66. The molecule has 1 aliphatic carbocycles. The van der Waals surface area contributed by atoms with E-state index in [1.807, 2.05) is 25.1 Å². The van der Waals surface area contributed by atoms with Crippen molar-refractivity contribution in [1.82, 2.24) is 0 Å². The van der Waals surface area contributed by atoms with Crippen LogP contribution in [-0.2, 0) is 16.0 Å². The molecule has 0 aromatic heterocycles. The van der Waals surface area contributed by atoms with Gasteiger partial charge in [0, 0.05) is 17.5 Å². The number of carbonyl (C=O) groups is 2. The third-order valence-electron chi connectivity index (χ3n) is 4.09. The summed E-state index contributed by atoms with van der Waals surface area (Å²) < 4.78 is 13.4. The minimum atomic E-state index is -0.469. The van der Waals surface area contributed by atoms with Crippen molar-refractivity contribution < 1.29 is 14.0 Å². The molecule has 0 unspecified atom stereocenters. The lowest BCUT2D eigenvalue weighted by molar-refractivity contribution is -0.112. The molecule has 24 heavy (non-hydrogen) atoms. The van der Waals surface area contributed by atoms with Crippen molar-refractivity contribution in [3.63, 3.8) is 0 Å². The van der Waals surface area contributed by atoms with Crippen LogP contribution in [0.3, 0.4) is 0 Å². The van der Waals surface area contributed by atoms with Gasteiger partial charge >= 0.3 is 0 Å². The molecule has 1 N–H and O–H groups in total. The first-order valence-corrected chi connectivity index (χ1v) is 7.43. The molecule has 0 radical (unpaired) electrons. The summed E-state index contributed by atoms with van der Waals surface area (Å²) in [4.78, 5) is 24.2. The number of nitrogens with one attached hydrogen (secondary N) is 1. The van der Waals surface area contributed by atoms with E-state index < -0.39 is 11.7 Å². The molecule has 4 rings (SSSR count). The molecule has 0 spiro atoms. The molecule has 2 aliphatic rings. The third-order valence-corrected chi connectivity index (χ3v) is 4.09. The number of aryl methyl sites for hydroxylation is 1. The Morgan fingerprint density at radius 1 is 1.00 bits per heavy atom. The molecule has 2 aromatic rings. The fraction of sp³-hybridized carbons (Fsp3) is 0.111. The highest BCUT2D eigenvalue weighted by Gasteiger charge is 2.29. The Morgan fingerprint density at radius 3 is 2.62 bits per heavy atom. The summed E-state index contributed by atoms with van der Waals surface area (Å²) in [5.41, 5.74) is 3.71. The molecule has 1 heterocycles. The van der Waals surface area contributed by atoms with Gasteiger partial charge in [0.2, 0.25) is 0 Å². The van der Waals surface area contributed by atoms with E-state index in [9.17, 15) is 14.0 Å². The molecule has 5 nitrogen and oxygen atoms in total. The molecule has 6 heteroatoms. The van der Waals surface area contributed by atoms with Crippen molar-refractivity contribution in [1.29, 1.82) is 0 Å². The van der Waals surface area contributed by atoms with Crippen molar-refractivity contribution >= 4 is 28.8 Å². The predicted octanol–water partition coefficient (Wildman–Crippen LogP) is 2.40. The maximum absolute atomic E-state index is 13.4. The topological polar surface area (TPSA) is 70.9 Å². The second-order valence-corrected chi connectivity index (χ2v) is 5.80. The number of anilines is 1. The van der Waals surface area contributed by atoms with Gasteiger partial charge in [0.1, 0.15) is 11.5 Å². The molecule has 0 saturated heterocycles. The summed E-state index contributed by atoms with van der Waals surface area (Å²) in [7, 11) is 0. The number of ketones is 1. The van der Waals surface area contributed by atoms with Crippen molar-refractivity contribution in [2.24, 2.45) is 10.2 Å². The Kier molecular flexibility index (Phi) is 3.13. The number of benzene rings is 2. The van der Waals surface area contributed by atoms with Crippen molar-refractivity contribution in [3.8, 4) is 0 Å². The molecule has 2 aromatic carbocycles. The molecule has 0 saturated carbocycles. The van der Waals surface area contributed by atoms with Gasteiger partial charge in [0.25, 0.3) is 5.91 Å². The SMILES string of the molecule is Cc1ccc2c(c1)/C(=N/N=C1\C(=O)Nc3ccc(F)cc31)C(=O)C2. The number of hydrogen-bond donors (Lipinski definition) is 1. The number of fused-ring (bicyclic) bond motifs is 2. The van der Waals surface area contributed by atoms with Gasteiger partial charge < -0.3 is 5.32 Å². The number of halogens is 1. The highest BCUT2D eigenvalue weighted by Crippen LogP contribution is 2.25. The van der Waals surface area contributed by atoms with Crippen LogP contribution in [0.4, 0.5) is 10.1 Å². The highest BCUT2D eigenvalue weighted by molar-refractivity contribution is 6.54. The Hall–Kier alpha value is -3.15. The van der Waals surface area contributed by atoms with Gasteiger partial charge in [0.05, 0.1) is 5.69 Å². The third kappa shape index (κ3) is 2.23. The Balaban J connectivity index is 1.80. The van der Waals surface area contributed by atoms with Gasteiger partial charge in [-0.25, -0.2) is 4.39 Å². The van der Waals surface area contributed by atoms with Gasteiger partial charge in [-0.1, -0.05) is 17.7 Å². The van der Waals surface area contributed by atoms with E-state index in [-0.39, 0.29) is 23.6 Å². The molecule has 118 valence electrons. The van der Waals surface area contributed by atoms with E-state index in [1.165, 1.54) is 18.2 Å².